The summed E-state index contributed by atoms with van der Waals surface area (Å²) in [6.07, 6.45) is 5.56. The highest BCUT2D eigenvalue weighted by Gasteiger charge is 2.24. The molecule has 0 saturated carbocycles. The first-order valence-electron chi connectivity index (χ1n) is 9.38. The Morgan fingerprint density at radius 1 is 1.07 bits per heavy atom. The molecule has 1 N–H and O–H groups in total. The maximum atomic E-state index is 13.9. The number of hydrogen-bond donors (Lipinski definition) is 1. The number of oxazole rings is 1. The molecule has 0 radical (unpaired) electrons. The molecule has 0 saturated heterocycles. The van der Waals surface area contributed by atoms with Crippen LogP contribution < -0.4 is 5.32 Å². The van der Waals surface area contributed by atoms with Gasteiger partial charge in [0.25, 0.3) is 5.91 Å². The number of rotatable bonds is 3. The Morgan fingerprint density at radius 2 is 1.83 bits per heavy atom. The number of halogens is 2. The topological polar surface area (TPSA) is 68.0 Å². The fraction of sp³-hybridized carbons (Fsp3) is 0.136. The van der Waals surface area contributed by atoms with E-state index in [-0.39, 0.29) is 0 Å². The van der Waals surface area contributed by atoms with Gasteiger partial charge in [0.05, 0.1) is 16.8 Å². The fourth-order valence-corrected chi connectivity index (χ4v) is 4.80. The molecular formula is C22H15F2N3O2S. The van der Waals surface area contributed by atoms with E-state index in [1.54, 1.807) is 6.20 Å². The van der Waals surface area contributed by atoms with Gasteiger partial charge in [-0.2, -0.15) is 0 Å². The Kier molecular flexibility index (Phi) is 4.63. The second kappa shape index (κ2) is 7.46. The molecule has 0 aliphatic heterocycles. The zero-order chi connectivity index (χ0) is 20.7. The molecule has 0 unspecified atom stereocenters. The van der Waals surface area contributed by atoms with Crippen molar-refractivity contribution < 1.29 is 18.0 Å². The Labute approximate surface area is 174 Å². The minimum absolute atomic E-state index is 0.311. The van der Waals surface area contributed by atoms with E-state index in [1.165, 1.54) is 23.8 Å². The number of aromatic nitrogens is 2. The highest BCUT2D eigenvalue weighted by molar-refractivity contribution is 7.19. The van der Waals surface area contributed by atoms with Gasteiger partial charge in [-0.3, -0.25) is 10.1 Å². The molecule has 5 nitrogen and oxygen atoms in total. The van der Waals surface area contributed by atoms with Crippen LogP contribution in [-0.2, 0) is 12.8 Å². The van der Waals surface area contributed by atoms with E-state index >= 15 is 0 Å². The molecule has 2 aromatic heterocycles. The molecule has 8 heteroatoms. The number of hydrogen-bond acceptors (Lipinski definition) is 5. The zero-order valence-electron chi connectivity index (χ0n) is 15.6. The van der Waals surface area contributed by atoms with Gasteiger partial charge in [0, 0.05) is 5.56 Å². The third-order valence-electron chi connectivity index (χ3n) is 5.07. The molecule has 2 aromatic carbocycles. The number of carbonyl (C=O) groups is 1. The van der Waals surface area contributed by atoms with Crippen molar-refractivity contribution in [2.45, 2.75) is 19.3 Å². The number of fused-ring (bicyclic) bond motifs is 3. The van der Waals surface area contributed by atoms with Crippen LogP contribution in [-0.4, -0.2) is 15.9 Å². The molecule has 30 heavy (non-hydrogen) atoms. The first-order chi connectivity index (χ1) is 14.6. The van der Waals surface area contributed by atoms with Crippen molar-refractivity contribution >= 4 is 22.4 Å². The minimum atomic E-state index is -0.910. The quantitative estimate of drug-likeness (QED) is 0.474. The van der Waals surface area contributed by atoms with Gasteiger partial charge < -0.3 is 4.42 Å². The third-order valence-corrected chi connectivity index (χ3v) is 6.11. The molecule has 2 heterocycles. The highest BCUT2D eigenvalue weighted by atomic mass is 32.1. The monoisotopic (exact) mass is 423 g/mol. The first-order valence-corrected chi connectivity index (χ1v) is 10.2. The van der Waals surface area contributed by atoms with Gasteiger partial charge in [-0.05, 0) is 42.5 Å². The molecule has 1 aliphatic carbocycles. The van der Waals surface area contributed by atoms with Crippen LogP contribution in [0.2, 0.25) is 0 Å². The summed E-state index contributed by atoms with van der Waals surface area (Å²) < 4.78 is 33.3. The summed E-state index contributed by atoms with van der Waals surface area (Å²) in [5.74, 6) is -1.98. The second-order valence-electron chi connectivity index (χ2n) is 6.90. The van der Waals surface area contributed by atoms with Crippen molar-refractivity contribution in [1.82, 2.24) is 9.97 Å². The maximum Gasteiger partial charge on any atom is 0.263 e. The number of thiazole rings is 1. The number of amides is 1. The van der Waals surface area contributed by atoms with Crippen LogP contribution >= 0.6 is 11.3 Å². The number of nitrogens with one attached hydrogen (secondary N) is 1. The van der Waals surface area contributed by atoms with Crippen molar-refractivity contribution in [3.8, 4) is 21.8 Å². The minimum Gasteiger partial charge on any atom is -0.444 e. The Bertz CT molecular complexity index is 1230. The number of carbonyl (C=O) groups excluding carboxylic acids is 1. The lowest BCUT2D eigenvalue weighted by atomic mass is 9.96. The predicted molar refractivity (Wildman–Crippen MR) is 109 cm³/mol. The van der Waals surface area contributed by atoms with Crippen molar-refractivity contribution in [3.63, 3.8) is 0 Å². The highest BCUT2D eigenvalue weighted by Crippen LogP contribution is 2.42. The van der Waals surface area contributed by atoms with Gasteiger partial charge in [0.15, 0.2) is 17.3 Å². The molecule has 0 atom stereocenters. The summed E-state index contributed by atoms with van der Waals surface area (Å²) in [6.45, 7) is 0. The van der Waals surface area contributed by atoms with Crippen molar-refractivity contribution in [1.29, 1.82) is 0 Å². The second-order valence-corrected chi connectivity index (χ2v) is 7.90. The van der Waals surface area contributed by atoms with E-state index in [9.17, 15) is 13.6 Å². The van der Waals surface area contributed by atoms with Crippen LogP contribution in [0.25, 0.3) is 21.8 Å². The van der Waals surface area contributed by atoms with Gasteiger partial charge in [-0.1, -0.05) is 35.6 Å². The van der Waals surface area contributed by atoms with Crippen molar-refractivity contribution in [2.75, 3.05) is 5.32 Å². The Balaban J connectivity index is 1.53. The van der Waals surface area contributed by atoms with E-state index in [4.69, 9.17) is 4.42 Å². The third kappa shape index (κ3) is 3.19. The Hall–Kier alpha value is -3.39. The molecule has 0 spiro atoms. The molecule has 4 aromatic rings. The van der Waals surface area contributed by atoms with Gasteiger partial charge >= 0.3 is 0 Å². The van der Waals surface area contributed by atoms with Gasteiger partial charge in [0.1, 0.15) is 17.2 Å². The van der Waals surface area contributed by atoms with E-state index in [0.717, 1.165) is 58.7 Å². The number of benzene rings is 2. The van der Waals surface area contributed by atoms with Gasteiger partial charge in [-0.25, -0.2) is 18.7 Å². The van der Waals surface area contributed by atoms with Gasteiger partial charge in [-0.15, -0.1) is 0 Å². The summed E-state index contributed by atoms with van der Waals surface area (Å²) in [5, 5.41) is 2.86. The summed E-state index contributed by atoms with van der Waals surface area (Å²) in [6, 6.07) is 9.27. The van der Waals surface area contributed by atoms with E-state index in [2.05, 4.69) is 15.3 Å². The van der Waals surface area contributed by atoms with E-state index < -0.39 is 23.1 Å². The molecule has 150 valence electrons. The molecular weight excluding hydrogens is 408 g/mol. The molecule has 1 amide bonds. The lowest BCUT2D eigenvalue weighted by molar-refractivity contribution is 0.101. The van der Waals surface area contributed by atoms with Gasteiger partial charge in [0.2, 0.25) is 0 Å². The molecule has 0 bridgehead atoms. The van der Waals surface area contributed by atoms with Crippen molar-refractivity contribution in [2.24, 2.45) is 0 Å². The molecule has 1 aliphatic rings. The van der Waals surface area contributed by atoms with Crippen LogP contribution in [0.4, 0.5) is 13.9 Å². The maximum absolute atomic E-state index is 13.9. The fourth-order valence-electron chi connectivity index (χ4n) is 3.74. The lowest BCUT2D eigenvalue weighted by Crippen LogP contribution is -2.15. The van der Waals surface area contributed by atoms with Crippen LogP contribution in [0, 0.1) is 11.6 Å². The molecule has 5 rings (SSSR count). The first kappa shape index (κ1) is 18.6. The molecule has 0 fully saturated rings. The smallest absolute Gasteiger partial charge is 0.263 e. The van der Waals surface area contributed by atoms with E-state index in [1.807, 2.05) is 18.2 Å². The number of anilines is 1. The average molecular weight is 423 g/mol. The normalized spacial score (nSPS) is 12.7. The summed E-state index contributed by atoms with van der Waals surface area (Å²) in [7, 11) is 0. The van der Waals surface area contributed by atoms with Crippen LogP contribution in [0.15, 0.2) is 53.4 Å². The van der Waals surface area contributed by atoms with E-state index in [0.29, 0.717) is 10.9 Å². The summed E-state index contributed by atoms with van der Waals surface area (Å²) >= 11 is 1.30. The van der Waals surface area contributed by atoms with Crippen LogP contribution in [0.3, 0.4) is 0 Å². The number of nitrogens with zero attached hydrogens (tertiary/aromatic N) is 2. The standard InChI is InChI=1S/C22H15F2N3O2S/c23-15-7-3-8-16(24)19(15)21(28)27-22-26-17-9-2-4-12-13(18-10-25-11-29-18)5-1-6-14(12)20(17)30-22/h1,3,5-8,10-11H,2,4,9H2,(H,26,27,28). The average Bonchev–Trinajstić information content (AvgIpc) is 3.35. The summed E-state index contributed by atoms with van der Waals surface area (Å²) in [4.78, 5) is 21.9. The van der Waals surface area contributed by atoms with Crippen molar-refractivity contribution in [3.05, 3.63) is 77.4 Å². The van der Waals surface area contributed by atoms with Crippen LogP contribution in [0.5, 0.6) is 0 Å². The largest absolute Gasteiger partial charge is 0.444 e. The lowest BCUT2D eigenvalue weighted by Gasteiger charge is -2.10. The number of aryl methyl sites for hydroxylation is 1. The SMILES string of the molecule is O=C(Nc1nc2c(s1)-c1cccc(-c3cnco3)c1CCC2)c1c(F)cccc1F. The predicted octanol–water partition coefficient (Wildman–Crippen LogP) is 5.48. The van der Waals surface area contributed by atoms with Crippen LogP contribution in [0.1, 0.15) is 28.0 Å². The summed E-state index contributed by atoms with van der Waals surface area (Å²) in [5.41, 5.74) is 3.38. The zero-order valence-corrected chi connectivity index (χ0v) is 16.4. The Morgan fingerprint density at radius 3 is 2.60 bits per heavy atom.